The average molecular weight is 330 g/mol. The number of carboxylic acids is 1. The first-order chi connectivity index (χ1) is 8.95. The number of carbonyl (C=O) groups excluding carboxylic acids is 1. The monoisotopic (exact) mass is 329 g/mol. The van der Waals surface area contributed by atoms with Gasteiger partial charge in [-0.1, -0.05) is 22.0 Å². The molecule has 0 spiro atoms. The van der Waals surface area contributed by atoms with Crippen molar-refractivity contribution in [2.24, 2.45) is 0 Å². The van der Waals surface area contributed by atoms with Crippen LogP contribution >= 0.6 is 15.9 Å². The summed E-state index contributed by atoms with van der Waals surface area (Å²) in [6, 6.07) is 5.34. The van der Waals surface area contributed by atoms with Gasteiger partial charge >= 0.3 is 5.97 Å². The van der Waals surface area contributed by atoms with E-state index in [1.165, 1.54) is 12.0 Å². The fraction of sp³-hybridized carbons (Fsp3) is 0.385. The normalized spacial score (nSPS) is 10.3. The lowest BCUT2D eigenvalue weighted by Gasteiger charge is -2.21. The van der Waals surface area contributed by atoms with E-state index in [0.717, 1.165) is 10.0 Å². The number of hydrogen-bond acceptors (Lipinski definition) is 3. The highest BCUT2D eigenvalue weighted by atomic mass is 79.9. The van der Waals surface area contributed by atoms with E-state index in [1.54, 1.807) is 6.07 Å². The Hall–Kier alpha value is -1.40. The molecule has 0 fully saturated rings. The molecule has 0 unspecified atom stereocenters. The lowest BCUT2D eigenvalue weighted by Crippen LogP contribution is -2.38. The summed E-state index contributed by atoms with van der Waals surface area (Å²) in [6.07, 6.45) is 0. The van der Waals surface area contributed by atoms with Crippen molar-refractivity contribution in [3.05, 3.63) is 33.8 Å². The Balaban J connectivity index is 2.97. The Morgan fingerprint density at radius 3 is 2.68 bits per heavy atom. The fourth-order valence-corrected chi connectivity index (χ4v) is 1.97. The second-order valence-corrected chi connectivity index (χ2v) is 4.99. The molecule has 0 atom stereocenters. The molecule has 1 aromatic carbocycles. The molecule has 1 N–H and O–H groups in total. The Morgan fingerprint density at radius 1 is 1.42 bits per heavy atom. The standard InChI is InChI=1S/C13H16BrNO4/c1-9-3-4-10(14)7-11(9)13(18)15(5-6-19-2)8-12(16)17/h3-4,7H,5-6,8H2,1-2H3,(H,16,17). The van der Waals surface area contributed by atoms with Crippen LogP contribution in [0.3, 0.4) is 0 Å². The zero-order chi connectivity index (χ0) is 14.4. The van der Waals surface area contributed by atoms with E-state index in [-0.39, 0.29) is 19.0 Å². The highest BCUT2D eigenvalue weighted by Gasteiger charge is 2.20. The summed E-state index contributed by atoms with van der Waals surface area (Å²) < 4.78 is 5.68. The van der Waals surface area contributed by atoms with Crippen molar-refractivity contribution < 1.29 is 19.4 Å². The molecule has 0 aliphatic rings. The van der Waals surface area contributed by atoms with Gasteiger partial charge in [0.15, 0.2) is 0 Å². The molecule has 5 nitrogen and oxygen atoms in total. The highest BCUT2D eigenvalue weighted by Crippen LogP contribution is 2.17. The minimum Gasteiger partial charge on any atom is -0.480 e. The predicted octanol–water partition coefficient (Wildman–Crippen LogP) is 1.93. The summed E-state index contributed by atoms with van der Waals surface area (Å²) in [5, 5.41) is 8.86. The fourth-order valence-electron chi connectivity index (χ4n) is 1.61. The zero-order valence-electron chi connectivity index (χ0n) is 10.9. The van der Waals surface area contributed by atoms with Gasteiger partial charge in [0.2, 0.25) is 0 Å². The van der Waals surface area contributed by atoms with E-state index in [1.807, 2.05) is 19.1 Å². The molecule has 0 bridgehead atoms. The second kappa shape index (κ2) is 7.25. The molecule has 0 radical (unpaired) electrons. The molecular weight excluding hydrogens is 314 g/mol. The molecule has 0 aliphatic carbocycles. The van der Waals surface area contributed by atoms with Crippen molar-refractivity contribution in [3.63, 3.8) is 0 Å². The van der Waals surface area contributed by atoms with Crippen LogP contribution in [0.5, 0.6) is 0 Å². The van der Waals surface area contributed by atoms with E-state index < -0.39 is 5.97 Å². The molecule has 6 heteroatoms. The van der Waals surface area contributed by atoms with Crippen molar-refractivity contribution in [3.8, 4) is 0 Å². The summed E-state index contributed by atoms with van der Waals surface area (Å²) in [5.41, 5.74) is 1.30. The maximum Gasteiger partial charge on any atom is 0.323 e. The molecule has 0 saturated heterocycles. The van der Waals surface area contributed by atoms with E-state index >= 15 is 0 Å². The molecular formula is C13H16BrNO4. The summed E-state index contributed by atoms with van der Waals surface area (Å²) in [6.45, 7) is 2.02. The van der Waals surface area contributed by atoms with Gasteiger partial charge in [-0.05, 0) is 24.6 Å². The number of aliphatic carboxylic acids is 1. The van der Waals surface area contributed by atoms with Crippen LogP contribution in [0.15, 0.2) is 22.7 Å². The lowest BCUT2D eigenvalue weighted by atomic mass is 10.1. The Bertz CT molecular complexity index is 476. The maximum atomic E-state index is 12.3. The number of aryl methyl sites for hydroxylation is 1. The van der Waals surface area contributed by atoms with Gasteiger partial charge < -0.3 is 14.7 Å². The van der Waals surface area contributed by atoms with Gasteiger partial charge in [0.1, 0.15) is 6.54 Å². The first kappa shape index (κ1) is 15.7. The number of carbonyl (C=O) groups is 2. The Labute approximate surface area is 120 Å². The molecule has 0 heterocycles. The van der Waals surface area contributed by atoms with Crippen molar-refractivity contribution in [1.29, 1.82) is 0 Å². The number of carboxylic acid groups (broad SMARTS) is 1. The number of benzene rings is 1. The predicted molar refractivity (Wildman–Crippen MR) is 74.3 cm³/mol. The van der Waals surface area contributed by atoms with Crippen LogP contribution in [0.1, 0.15) is 15.9 Å². The smallest absolute Gasteiger partial charge is 0.323 e. The van der Waals surface area contributed by atoms with E-state index in [4.69, 9.17) is 9.84 Å². The molecule has 1 aromatic rings. The van der Waals surface area contributed by atoms with Crippen LogP contribution in [-0.2, 0) is 9.53 Å². The molecule has 0 aromatic heterocycles. The Kier molecular flexibility index (Phi) is 5.98. The summed E-state index contributed by atoms with van der Waals surface area (Å²) >= 11 is 3.31. The SMILES string of the molecule is COCCN(CC(=O)O)C(=O)c1cc(Br)ccc1C. The third kappa shape index (κ3) is 4.65. The van der Waals surface area contributed by atoms with Crippen molar-refractivity contribution in [2.75, 3.05) is 26.8 Å². The van der Waals surface area contributed by atoms with Crippen LogP contribution in [-0.4, -0.2) is 48.7 Å². The summed E-state index contributed by atoms with van der Waals surface area (Å²) in [4.78, 5) is 24.4. The first-order valence-corrected chi connectivity index (χ1v) is 6.51. The van der Waals surface area contributed by atoms with Gasteiger partial charge in [-0.2, -0.15) is 0 Å². The zero-order valence-corrected chi connectivity index (χ0v) is 12.4. The molecule has 0 saturated carbocycles. The van der Waals surface area contributed by atoms with Crippen molar-refractivity contribution >= 4 is 27.8 Å². The summed E-state index contributed by atoms with van der Waals surface area (Å²) in [5.74, 6) is -1.35. The Morgan fingerprint density at radius 2 is 2.11 bits per heavy atom. The van der Waals surface area contributed by atoms with Crippen LogP contribution < -0.4 is 0 Å². The van der Waals surface area contributed by atoms with Crippen molar-refractivity contribution in [2.45, 2.75) is 6.92 Å². The first-order valence-electron chi connectivity index (χ1n) is 5.72. The highest BCUT2D eigenvalue weighted by molar-refractivity contribution is 9.10. The van der Waals surface area contributed by atoms with Gasteiger partial charge in [0.25, 0.3) is 5.91 Å². The van der Waals surface area contributed by atoms with Crippen LogP contribution in [0.25, 0.3) is 0 Å². The quantitative estimate of drug-likeness (QED) is 0.866. The van der Waals surface area contributed by atoms with Gasteiger partial charge in [-0.3, -0.25) is 9.59 Å². The second-order valence-electron chi connectivity index (χ2n) is 4.07. The average Bonchev–Trinajstić information content (AvgIpc) is 2.36. The molecule has 0 aliphatic heterocycles. The maximum absolute atomic E-state index is 12.3. The molecule has 1 rings (SSSR count). The van der Waals surface area contributed by atoms with Crippen LogP contribution in [0.4, 0.5) is 0 Å². The number of amides is 1. The largest absolute Gasteiger partial charge is 0.480 e. The third-order valence-corrected chi connectivity index (χ3v) is 3.10. The van der Waals surface area contributed by atoms with E-state index in [0.29, 0.717) is 12.2 Å². The molecule has 104 valence electrons. The lowest BCUT2D eigenvalue weighted by molar-refractivity contribution is -0.137. The summed E-state index contributed by atoms with van der Waals surface area (Å²) in [7, 11) is 1.51. The number of nitrogens with zero attached hydrogens (tertiary/aromatic N) is 1. The van der Waals surface area contributed by atoms with Gasteiger partial charge in [-0.15, -0.1) is 0 Å². The molecule has 19 heavy (non-hydrogen) atoms. The number of rotatable bonds is 6. The third-order valence-electron chi connectivity index (χ3n) is 2.61. The number of methoxy groups -OCH3 is 1. The minimum atomic E-state index is -1.04. The topological polar surface area (TPSA) is 66.8 Å². The number of ether oxygens (including phenoxy) is 1. The molecule has 1 amide bonds. The van der Waals surface area contributed by atoms with Gasteiger partial charge in [0.05, 0.1) is 6.61 Å². The number of halogens is 1. The van der Waals surface area contributed by atoms with Gasteiger partial charge in [0, 0.05) is 23.7 Å². The van der Waals surface area contributed by atoms with E-state index in [2.05, 4.69) is 15.9 Å². The van der Waals surface area contributed by atoms with Crippen LogP contribution in [0, 0.1) is 6.92 Å². The minimum absolute atomic E-state index is 0.244. The van der Waals surface area contributed by atoms with Crippen LogP contribution in [0.2, 0.25) is 0 Å². The van der Waals surface area contributed by atoms with E-state index in [9.17, 15) is 9.59 Å². The van der Waals surface area contributed by atoms with Crippen molar-refractivity contribution in [1.82, 2.24) is 4.90 Å². The van der Waals surface area contributed by atoms with Gasteiger partial charge in [-0.25, -0.2) is 0 Å². The number of hydrogen-bond donors (Lipinski definition) is 1.